The standard InChI is InChI=1S/C22H23F4NO5/c1-13(2)32-19(20(28)29)9-14-4-3-5-15(8-14)11-27-21(30)31-12-16-6-7-17(10-18(16)23)22(24,25)26/h3-8,10,13,19H,9,11-12H2,1-2H3,(H,27,30)(H,28,29)/t19-/m0/s1. The highest BCUT2D eigenvalue weighted by atomic mass is 19.4. The number of carbonyl (C=O) groups excluding carboxylic acids is 1. The predicted molar refractivity (Wildman–Crippen MR) is 106 cm³/mol. The lowest BCUT2D eigenvalue weighted by Gasteiger charge is -2.17. The molecule has 0 aromatic heterocycles. The summed E-state index contributed by atoms with van der Waals surface area (Å²) in [5.41, 5.74) is 0.0263. The van der Waals surface area contributed by atoms with Crippen LogP contribution in [0.4, 0.5) is 22.4 Å². The Kier molecular flexibility index (Phi) is 8.59. The van der Waals surface area contributed by atoms with Gasteiger partial charge in [-0.25, -0.2) is 14.0 Å². The first-order chi connectivity index (χ1) is 15.0. The van der Waals surface area contributed by atoms with Gasteiger partial charge in [0, 0.05) is 18.5 Å². The van der Waals surface area contributed by atoms with Crippen LogP contribution in [0.2, 0.25) is 0 Å². The Morgan fingerprint density at radius 1 is 1.09 bits per heavy atom. The quantitative estimate of drug-likeness (QED) is 0.534. The average molecular weight is 457 g/mol. The lowest BCUT2D eigenvalue weighted by atomic mass is 10.0. The second-order valence-corrected chi connectivity index (χ2v) is 7.27. The van der Waals surface area contributed by atoms with Crippen molar-refractivity contribution in [3.05, 3.63) is 70.5 Å². The zero-order valence-electron chi connectivity index (χ0n) is 17.4. The molecule has 2 aromatic rings. The molecule has 32 heavy (non-hydrogen) atoms. The molecule has 0 aliphatic heterocycles. The number of benzene rings is 2. The molecule has 0 spiro atoms. The minimum atomic E-state index is -4.67. The van der Waals surface area contributed by atoms with E-state index in [2.05, 4.69) is 5.32 Å². The third kappa shape index (κ3) is 7.84. The smallest absolute Gasteiger partial charge is 0.416 e. The average Bonchev–Trinajstić information content (AvgIpc) is 2.70. The van der Waals surface area contributed by atoms with E-state index in [0.717, 1.165) is 6.07 Å². The first-order valence-electron chi connectivity index (χ1n) is 9.68. The van der Waals surface area contributed by atoms with E-state index in [0.29, 0.717) is 23.3 Å². The number of alkyl halides is 3. The molecule has 10 heteroatoms. The van der Waals surface area contributed by atoms with E-state index in [9.17, 15) is 32.3 Å². The largest absolute Gasteiger partial charge is 0.479 e. The third-order valence-electron chi connectivity index (χ3n) is 4.30. The minimum absolute atomic E-state index is 0.0466. The van der Waals surface area contributed by atoms with Crippen LogP contribution in [-0.2, 0) is 40.0 Å². The summed E-state index contributed by atoms with van der Waals surface area (Å²) in [7, 11) is 0. The summed E-state index contributed by atoms with van der Waals surface area (Å²) in [5, 5.41) is 11.7. The zero-order valence-corrected chi connectivity index (χ0v) is 17.4. The SMILES string of the molecule is CC(C)O[C@@H](Cc1cccc(CNC(=O)OCc2ccc(C(F)(F)F)cc2F)c1)C(=O)O. The molecule has 0 saturated carbocycles. The number of amides is 1. The molecule has 0 fully saturated rings. The van der Waals surface area contributed by atoms with Crippen LogP contribution in [0.15, 0.2) is 42.5 Å². The Morgan fingerprint density at radius 3 is 2.38 bits per heavy atom. The van der Waals surface area contributed by atoms with Crippen LogP contribution in [0.5, 0.6) is 0 Å². The Morgan fingerprint density at radius 2 is 1.78 bits per heavy atom. The number of hydrogen-bond donors (Lipinski definition) is 2. The molecule has 2 aromatic carbocycles. The lowest BCUT2D eigenvalue weighted by molar-refractivity contribution is -0.153. The van der Waals surface area contributed by atoms with Gasteiger partial charge in [-0.2, -0.15) is 13.2 Å². The van der Waals surface area contributed by atoms with E-state index in [-0.39, 0.29) is 24.6 Å². The van der Waals surface area contributed by atoms with Crippen molar-refractivity contribution >= 4 is 12.1 Å². The van der Waals surface area contributed by atoms with Gasteiger partial charge in [-0.15, -0.1) is 0 Å². The highest BCUT2D eigenvalue weighted by Crippen LogP contribution is 2.30. The summed E-state index contributed by atoms with van der Waals surface area (Å²) in [6.45, 7) is 2.98. The molecule has 0 aliphatic rings. The van der Waals surface area contributed by atoms with Crippen molar-refractivity contribution in [2.75, 3.05) is 0 Å². The molecule has 174 valence electrons. The second-order valence-electron chi connectivity index (χ2n) is 7.27. The number of ether oxygens (including phenoxy) is 2. The van der Waals surface area contributed by atoms with Crippen molar-refractivity contribution in [1.82, 2.24) is 5.32 Å². The molecule has 1 amide bonds. The predicted octanol–water partition coefficient (Wildman–Crippen LogP) is 4.69. The molecule has 0 unspecified atom stereocenters. The molecular weight excluding hydrogens is 434 g/mol. The summed E-state index contributed by atoms with van der Waals surface area (Å²) in [6, 6.07) is 8.80. The topological polar surface area (TPSA) is 84.9 Å². The second kappa shape index (κ2) is 10.9. The highest BCUT2D eigenvalue weighted by Gasteiger charge is 2.31. The monoisotopic (exact) mass is 457 g/mol. The normalized spacial score (nSPS) is 12.5. The highest BCUT2D eigenvalue weighted by molar-refractivity contribution is 5.72. The Labute approximate surface area is 182 Å². The zero-order chi connectivity index (χ0) is 23.9. The molecule has 0 heterocycles. The number of alkyl carbamates (subject to hydrolysis) is 1. The van der Waals surface area contributed by atoms with Crippen LogP contribution in [0.1, 0.15) is 36.1 Å². The fraction of sp³-hybridized carbons (Fsp3) is 0.364. The van der Waals surface area contributed by atoms with E-state index in [4.69, 9.17) is 9.47 Å². The fourth-order valence-corrected chi connectivity index (χ4v) is 2.81. The van der Waals surface area contributed by atoms with Gasteiger partial charge in [-0.05, 0) is 37.1 Å². The first kappa shape index (κ1) is 25.1. The number of carbonyl (C=O) groups is 2. The number of hydrogen-bond acceptors (Lipinski definition) is 4. The van der Waals surface area contributed by atoms with Crippen molar-refractivity contribution in [3.63, 3.8) is 0 Å². The van der Waals surface area contributed by atoms with Crippen LogP contribution in [0.25, 0.3) is 0 Å². The van der Waals surface area contributed by atoms with Gasteiger partial charge < -0.3 is 19.9 Å². The molecule has 0 bridgehead atoms. The van der Waals surface area contributed by atoms with Gasteiger partial charge in [0.05, 0.1) is 11.7 Å². The van der Waals surface area contributed by atoms with Gasteiger partial charge >= 0.3 is 18.2 Å². The summed E-state index contributed by atoms with van der Waals surface area (Å²) < 4.78 is 61.8. The molecular formula is C22H23F4NO5. The first-order valence-corrected chi connectivity index (χ1v) is 9.68. The number of aliphatic carboxylic acids is 1. The third-order valence-corrected chi connectivity index (χ3v) is 4.30. The van der Waals surface area contributed by atoms with Gasteiger partial charge in [0.15, 0.2) is 6.10 Å². The maximum atomic E-state index is 13.8. The van der Waals surface area contributed by atoms with E-state index < -0.39 is 42.3 Å². The summed E-state index contributed by atoms with van der Waals surface area (Å²) >= 11 is 0. The van der Waals surface area contributed by atoms with Gasteiger partial charge in [0.2, 0.25) is 0 Å². The van der Waals surface area contributed by atoms with Crippen molar-refractivity contribution in [2.45, 2.75) is 51.8 Å². The van der Waals surface area contributed by atoms with E-state index in [1.807, 2.05) is 0 Å². The number of halogens is 4. The minimum Gasteiger partial charge on any atom is -0.479 e. The number of carboxylic acid groups (broad SMARTS) is 1. The van der Waals surface area contributed by atoms with E-state index in [1.165, 1.54) is 0 Å². The van der Waals surface area contributed by atoms with Crippen LogP contribution in [0, 0.1) is 5.82 Å². The summed E-state index contributed by atoms with van der Waals surface area (Å²) in [4.78, 5) is 23.2. The number of rotatable bonds is 9. The Bertz CT molecular complexity index is 946. The molecule has 1 atom stereocenters. The van der Waals surface area contributed by atoms with Crippen LogP contribution < -0.4 is 5.32 Å². The Balaban J connectivity index is 1.89. The maximum Gasteiger partial charge on any atom is 0.416 e. The molecule has 2 rings (SSSR count). The maximum absolute atomic E-state index is 13.8. The van der Waals surface area contributed by atoms with Crippen molar-refractivity contribution in [3.8, 4) is 0 Å². The molecule has 0 saturated heterocycles. The lowest BCUT2D eigenvalue weighted by Crippen LogP contribution is -2.29. The number of carboxylic acids is 1. The van der Waals surface area contributed by atoms with Crippen molar-refractivity contribution in [1.29, 1.82) is 0 Å². The van der Waals surface area contributed by atoms with Gasteiger partial charge in [-0.1, -0.05) is 30.3 Å². The van der Waals surface area contributed by atoms with Gasteiger partial charge in [0.1, 0.15) is 12.4 Å². The van der Waals surface area contributed by atoms with Crippen LogP contribution in [-0.4, -0.2) is 29.4 Å². The van der Waals surface area contributed by atoms with E-state index >= 15 is 0 Å². The number of nitrogens with one attached hydrogen (secondary N) is 1. The summed E-state index contributed by atoms with van der Waals surface area (Å²) in [5.74, 6) is -2.21. The summed E-state index contributed by atoms with van der Waals surface area (Å²) in [6.07, 6.45) is -6.69. The van der Waals surface area contributed by atoms with Crippen molar-refractivity contribution < 1.29 is 41.7 Å². The molecule has 6 nitrogen and oxygen atoms in total. The van der Waals surface area contributed by atoms with Crippen LogP contribution in [0.3, 0.4) is 0 Å². The molecule has 0 aliphatic carbocycles. The van der Waals surface area contributed by atoms with E-state index in [1.54, 1.807) is 38.1 Å². The van der Waals surface area contributed by atoms with Gasteiger partial charge in [-0.3, -0.25) is 0 Å². The molecule has 2 N–H and O–H groups in total. The molecule has 0 radical (unpaired) electrons. The Hall–Kier alpha value is -3.14. The fourth-order valence-electron chi connectivity index (χ4n) is 2.81. The van der Waals surface area contributed by atoms with Crippen molar-refractivity contribution in [2.24, 2.45) is 0 Å². The van der Waals surface area contributed by atoms with Crippen LogP contribution >= 0.6 is 0 Å². The van der Waals surface area contributed by atoms with Gasteiger partial charge in [0.25, 0.3) is 0 Å².